The minimum Gasteiger partial charge on any atom is -0.477 e. The number of hydrogen-bond acceptors (Lipinski definition) is 4. The molecule has 0 aromatic rings. The van der Waals surface area contributed by atoms with Crippen molar-refractivity contribution in [2.24, 2.45) is 4.99 Å². The molecule has 0 aromatic carbocycles. The van der Waals surface area contributed by atoms with E-state index >= 15 is 0 Å². The number of carboxylic acid groups (broad SMARTS) is 1. The minimum absolute atomic E-state index is 0.530. The van der Waals surface area contributed by atoms with Crippen LogP contribution < -0.4 is 0 Å². The topological polar surface area (TPSA) is 87.0 Å². The zero-order valence-corrected chi connectivity index (χ0v) is 5.39. The van der Waals surface area contributed by atoms with E-state index in [9.17, 15) is 9.59 Å². The first kappa shape index (κ1) is 7.62. The van der Waals surface area contributed by atoms with Crippen molar-refractivity contribution in [1.82, 2.24) is 0 Å². The standard InChI is InChI=1S/C6H5NO4/c8-3-1-2-7-4(5(3)9)6(10)11/h1-2,5,9H,(H,10,11). The second-order valence-electron chi connectivity index (χ2n) is 1.94. The van der Waals surface area contributed by atoms with Crippen LogP contribution in [-0.2, 0) is 9.59 Å². The Morgan fingerprint density at radius 1 is 1.64 bits per heavy atom. The lowest BCUT2D eigenvalue weighted by Crippen LogP contribution is -2.35. The third-order valence-corrected chi connectivity index (χ3v) is 1.20. The molecule has 0 aliphatic carbocycles. The third-order valence-electron chi connectivity index (χ3n) is 1.20. The number of nitrogens with zero attached hydrogens (tertiary/aromatic N) is 1. The van der Waals surface area contributed by atoms with Crippen molar-refractivity contribution in [2.75, 3.05) is 0 Å². The van der Waals surface area contributed by atoms with E-state index in [4.69, 9.17) is 10.2 Å². The molecule has 1 aliphatic heterocycles. The summed E-state index contributed by atoms with van der Waals surface area (Å²) < 4.78 is 0. The van der Waals surface area contributed by atoms with Crippen molar-refractivity contribution in [2.45, 2.75) is 6.10 Å². The smallest absolute Gasteiger partial charge is 0.353 e. The molecule has 0 aromatic heterocycles. The number of rotatable bonds is 1. The number of carboxylic acids is 1. The van der Waals surface area contributed by atoms with Crippen LogP contribution in [0, 0.1) is 0 Å². The van der Waals surface area contributed by atoms with Gasteiger partial charge in [-0.25, -0.2) is 4.79 Å². The maximum atomic E-state index is 10.6. The fraction of sp³-hybridized carbons (Fsp3) is 0.167. The molecule has 0 fully saturated rings. The molecule has 0 spiro atoms. The van der Waals surface area contributed by atoms with Crippen LogP contribution >= 0.6 is 0 Å². The van der Waals surface area contributed by atoms with E-state index in [1.54, 1.807) is 0 Å². The predicted molar refractivity (Wildman–Crippen MR) is 35.2 cm³/mol. The molecule has 0 radical (unpaired) electrons. The lowest BCUT2D eigenvalue weighted by Gasteiger charge is -2.08. The number of aliphatic carboxylic acids is 1. The van der Waals surface area contributed by atoms with Gasteiger partial charge in [-0.3, -0.25) is 9.79 Å². The van der Waals surface area contributed by atoms with Crippen molar-refractivity contribution in [3.8, 4) is 0 Å². The van der Waals surface area contributed by atoms with E-state index in [0.29, 0.717) is 0 Å². The van der Waals surface area contributed by atoms with Crippen molar-refractivity contribution in [3.05, 3.63) is 12.3 Å². The van der Waals surface area contributed by atoms with Gasteiger partial charge < -0.3 is 10.2 Å². The van der Waals surface area contributed by atoms with Crippen LogP contribution in [0.1, 0.15) is 0 Å². The molecule has 5 heteroatoms. The summed E-state index contributed by atoms with van der Waals surface area (Å²) in [6, 6.07) is 0. The van der Waals surface area contributed by atoms with Gasteiger partial charge in [-0.2, -0.15) is 0 Å². The molecule has 1 atom stereocenters. The maximum absolute atomic E-state index is 10.6. The van der Waals surface area contributed by atoms with E-state index in [-0.39, 0.29) is 0 Å². The van der Waals surface area contributed by atoms with Gasteiger partial charge in [0.2, 0.25) is 0 Å². The lowest BCUT2D eigenvalue weighted by molar-refractivity contribution is -0.131. The van der Waals surface area contributed by atoms with Crippen LogP contribution in [0.5, 0.6) is 0 Å². The van der Waals surface area contributed by atoms with Gasteiger partial charge >= 0.3 is 5.97 Å². The van der Waals surface area contributed by atoms with E-state index in [1.165, 1.54) is 0 Å². The van der Waals surface area contributed by atoms with Crippen LogP contribution in [0.25, 0.3) is 0 Å². The zero-order chi connectivity index (χ0) is 8.43. The van der Waals surface area contributed by atoms with Gasteiger partial charge in [-0.1, -0.05) is 0 Å². The summed E-state index contributed by atoms with van der Waals surface area (Å²) in [7, 11) is 0. The first-order valence-electron chi connectivity index (χ1n) is 2.82. The average molecular weight is 155 g/mol. The summed E-state index contributed by atoms with van der Waals surface area (Å²) >= 11 is 0. The molecule has 0 bridgehead atoms. The molecule has 58 valence electrons. The molecule has 5 nitrogen and oxygen atoms in total. The molecule has 11 heavy (non-hydrogen) atoms. The molecule has 2 N–H and O–H groups in total. The molecular formula is C6H5NO4. The number of ketones is 1. The minimum atomic E-state index is -1.61. The summed E-state index contributed by atoms with van der Waals surface area (Å²) in [5.74, 6) is -2.03. The summed E-state index contributed by atoms with van der Waals surface area (Å²) in [5.41, 5.74) is -0.530. The van der Waals surface area contributed by atoms with Crippen molar-refractivity contribution in [1.29, 1.82) is 0 Å². The Bertz CT molecular complexity index is 266. The Labute approximate surface area is 61.7 Å². The molecule has 1 heterocycles. The van der Waals surface area contributed by atoms with E-state index < -0.39 is 23.6 Å². The highest BCUT2D eigenvalue weighted by molar-refractivity contribution is 6.43. The molecule has 0 saturated carbocycles. The maximum Gasteiger partial charge on any atom is 0.353 e. The van der Waals surface area contributed by atoms with Crippen molar-refractivity contribution >= 4 is 17.5 Å². The van der Waals surface area contributed by atoms with E-state index in [1.807, 2.05) is 0 Å². The average Bonchev–Trinajstić information content (AvgIpc) is 1.94. The monoisotopic (exact) mass is 155 g/mol. The van der Waals surface area contributed by atoms with Crippen LogP contribution in [0.2, 0.25) is 0 Å². The SMILES string of the molecule is O=C(O)C1=NC=CC(=O)C1O. The van der Waals surface area contributed by atoms with Crippen LogP contribution in [-0.4, -0.2) is 33.8 Å². The Morgan fingerprint density at radius 2 is 2.27 bits per heavy atom. The second-order valence-corrected chi connectivity index (χ2v) is 1.94. The second kappa shape index (κ2) is 2.63. The van der Waals surface area contributed by atoms with Gasteiger partial charge in [0, 0.05) is 12.3 Å². The Morgan fingerprint density at radius 3 is 2.73 bits per heavy atom. The van der Waals surface area contributed by atoms with Crippen molar-refractivity contribution < 1.29 is 19.8 Å². The normalized spacial score (nSPS) is 23.2. The number of carbonyl (C=O) groups excluding carboxylic acids is 1. The molecule has 0 amide bonds. The van der Waals surface area contributed by atoms with Gasteiger partial charge in [0.15, 0.2) is 17.6 Å². The molecule has 1 rings (SSSR count). The number of aliphatic imine (C=N–C) groups is 1. The van der Waals surface area contributed by atoms with Gasteiger partial charge in [-0.15, -0.1) is 0 Å². The largest absolute Gasteiger partial charge is 0.477 e. The first-order chi connectivity index (χ1) is 5.13. The first-order valence-corrected chi connectivity index (χ1v) is 2.82. The van der Waals surface area contributed by atoms with Crippen LogP contribution in [0.4, 0.5) is 0 Å². The summed E-state index contributed by atoms with van der Waals surface area (Å²) in [5, 5.41) is 17.2. The van der Waals surface area contributed by atoms with E-state index in [0.717, 1.165) is 12.3 Å². The summed E-state index contributed by atoms with van der Waals surface area (Å²) in [4.78, 5) is 24.2. The highest BCUT2D eigenvalue weighted by Gasteiger charge is 2.26. The van der Waals surface area contributed by atoms with Gasteiger partial charge in [0.05, 0.1) is 0 Å². The van der Waals surface area contributed by atoms with Crippen LogP contribution in [0.15, 0.2) is 17.3 Å². The predicted octanol–water partition coefficient (Wildman–Crippen LogP) is -1.03. The molecular weight excluding hydrogens is 150 g/mol. The molecule has 1 aliphatic rings. The molecule has 1 unspecified atom stereocenters. The van der Waals surface area contributed by atoms with Gasteiger partial charge in [-0.05, 0) is 0 Å². The number of carbonyl (C=O) groups is 2. The van der Waals surface area contributed by atoms with Crippen molar-refractivity contribution in [3.63, 3.8) is 0 Å². The Hall–Kier alpha value is -1.49. The highest BCUT2D eigenvalue weighted by atomic mass is 16.4. The van der Waals surface area contributed by atoms with Gasteiger partial charge in [0.25, 0.3) is 0 Å². The zero-order valence-electron chi connectivity index (χ0n) is 5.39. The van der Waals surface area contributed by atoms with E-state index in [2.05, 4.69) is 4.99 Å². The fourth-order valence-electron chi connectivity index (χ4n) is 0.660. The Balaban J connectivity index is 2.96. The third kappa shape index (κ3) is 1.32. The summed E-state index contributed by atoms with van der Waals surface area (Å²) in [6.45, 7) is 0. The fourth-order valence-corrected chi connectivity index (χ4v) is 0.660. The Kier molecular flexibility index (Phi) is 1.82. The van der Waals surface area contributed by atoms with Crippen LogP contribution in [0.3, 0.4) is 0 Å². The number of aliphatic hydroxyl groups excluding tert-OH is 1. The quantitative estimate of drug-likeness (QED) is 0.506. The van der Waals surface area contributed by atoms with Gasteiger partial charge in [0.1, 0.15) is 0 Å². The molecule has 0 saturated heterocycles. The number of aliphatic hydroxyl groups is 1. The highest BCUT2D eigenvalue weighted by Crippen LogP contribution is 2.00. The number of hydrogen-bond donors (Lipinski definition) is 2. The summed E-state index contributed by atoms with van der Waals surface area (Å²) in [6.07, 6.45) is 0.466. The lowest BCUT2D eigenvalue weighted by atomic mass is 10.1.